The molecule has 1 heterocycles. The van der Waals surface area contributed by atoms with E-state index in [1.165, 1.54) is 0 Å². The Hall–Kier alpha value is -1.52. The zero-order valence-corrected chi connectivity index (χ0v) is 12.3. The van der Waals surface area contributed by atoms with Crippen LogP contribution < -0.4 is 5.32 Å². The van der Waals surface area contributed by atoms with Gasteiger partial charge in [0.2, 0.25) is 0 Å². The molecular formula is C14H25N3O2. The maximum absolute atomic E-state index is 12.0. The van der Waals surface area contributed by atoms with Gasteiger partial charge in [-0.1, -0.05) is 6.08 Å². The van der Waals surface area contributed by atoms with Gasteiger partial charge in [0.25, 0.3) is 0 Å². The highest BCUT2D eigenvalue weighted by molar-refractivity contribution is 5.69. The summed E-state index contributed by atoms with van der Waals surface area (Å²) >= 11 is 0. The fourth-order valence-electron chi connectivity index (χ4n) is 1.95. The Labute approximate surface area is 115 Å². The highest BCUT2D eigenvalue weighted by Gasteiger charge is 2.31. The van der Waals surface area contributed by atoms with E-state index in [0.717, 1.165) is 19.4 Å². The predicted molar refractivity (Wildman–Crippen MR) is 77.3 cm³/mol. The summed E-state index contributed by atoms with van der Waals surface area (Å²) in [7, 11) is 0. The van der Waals surface area contributed by atoms with Crippen molar-refractivity contribution in [2.45, 2.75) is 52.2 Å². The lowest BCUT2D eigenvalue weighted by molar-refractivity contribution is 0.0232. The first-order valence-electron chi connectivity index (χ1n) is 6.79. The van der Waals surface area contributed by atoms with Crippen molar-refractivity contribution < 1.29 is 9.53 Å². The van der Waals surface area contributed by atoms with Gasteiger partial charge < -0.3 is 15.0 Å². The number of hydrogen-bond donors (Lipinski definition) is 1. The number of carbonyl (C=O) groups is 1. The van der Waals surface area contributed by atoms with Crippen LogP contribution in [0.4, 0.5) is 4.79 Å². The molecule has 0 radical (unpaired) electrons. The monoisotopic (exact) mass is 267 g/mol. The van der Waals surface area contributed by atoms with Crippen molar-refractivity contribution in [2.75, 3.05) is 13.1 Å². The van der Waals surface area contributed by atoms with Gasteiger partial charge in [0.1, 0.15) is 5.60 Å². The van der Waals surface area contributed by atoms with Crippen molar-refractivity contribution in [3.63, 3.8) is 0 Å². The number of nitrogens with zero attached hydrogens (tertiary/aromatic N) is 2. The predicted octanol–water partition coefficient (Wildman–Crippen LogP) is 2.54. The zero-order chi connectivity index (χ0) is 14.3. The van der Waals surface area contributed by atoms with Crippen molar-refractivity contribution in [1.29, 1.82) is 0 Å². The summed E-state index contributed by atoms with van der Waals surface area (Å²) in [6, 6.07) is 0.151. The Morgan fingerprint density at radius 1 is 1.53 bits per heavy atom. The average molecular weight is 267 g/mol. The molecule has 0 unspecified atom stereocenters. The number of hydrogen-bond acceptors (Lipinski definition) is 3. The van der Waals surface area contributed by atoms with Crippen molar-refractivity contribution in [1.82, 2.24) is 10.2 Å². The molecule has 0 saturated carbocycles. The Balaban J connectivity index is 2.45. The molecular weight excluding hydrogens is 242 g/mol. The molecule has 1 amide bonds. The third kappa shape index (κ3) is 5.77. The molecule has 1 rings (SSSR count). The van der Waals surface area contributed by atoms with E-state index in [-0.39, 0.29) is 12.1 Å². The largest absolute Gasteiger partial charge is 0.444 e. The first kappa shape index (κ1) is 15.5. The van der Waals surface area contributed by atoms with Crippen LogP contribution in [-0.2, 0) is 4.74 Å². The van der Waals surface area contributed by atoms with Gasteiger partial charge in [0.05, 0.1) is 18.9 Å². The van der Waals surface area contributed by atoms with Crippen LogP contribution in [0.15, 0.2) is 17.3 Å². The lowest BCUT2D eigenvalue weighted by Gasteiger charge is -2.27. The number of likely N-dealkylation sites (tertiary alicyclic amines) is 1. The van der Waals surface area contributed by atoms with E-state index in [1.807, 2.05) is 40.0 Å². The van der Waals surface area contributed by atoms with E-state index in [9.17, 15) is 4.79 Å². The van der Waals surface area contributed by atoms with E-state index >= 15 is 0 Å². The lowest BCUT2D eigenvalue weighted by Crippen LogP contribution is -2.41. The third-order valence-electron chi connectivity index (χ3n) is 2.75. The maximum Gasteiger partial charge on any atom is 0.410 e. The van der Waals surface area contributed by atoms with Crippen molar-refractivity contribution >= 4 is 12.4 Å². The molecule has 1 aliphatic rings. The molecule has 1 N–H and O–H groups in total. The Kier molecular flexibility index (Phi) is 5.86. The quantitative estimate of drug-likeness (QED) is 0.629. The summed E-state index contributed by atoms with van der Waals surface area (Å²) in [6.07, 6.45) is 7.14. The van der Waals surface area contributed by atoms with Crippen molar-refractivity contribution in [3.05, 3.63) is 12.3 Å². The number of aliphatic imine (C=N–C) groups is 1. The fraction of sp³-hybridized carbons (Fsp3) is 0.714. The smallest absolute Gasteiger partial charge is 0.410 e. The van der Waals surface area contributed by atoms with Gasteiger partial charge in [0.15, 0.2) is 0 Å². The van der Waals surface area contributed by atoms with Gasteiger partial charge in [-0.2, -0.15) is 0 Å². The molecule has 5 nitrogen and oxygen atoms in total. The van der Waals surface area contributed by atoms with Crippen LogP contribution >= 0.6 is 0 Å². The van der Waals surface area contributed by atoms with Crippen LogP contribution in [-0.4, -0.2) is 42.1 Å². The normalized spacial score (nSPS) is 20.4. The first-order chi connectivity index (χ1) is 8.94. The summed E-state index contributed by atoms with van der Waals surface area (Å²) in [4.78, 5) is 18.1. The SMILES string of the molecule is C/C=C\N/C=N/C[C@@H]1CCCN1C(=O)OC(C)(C)C. The summed E-state index contributed by atoms with van der Waals surface area (Å²) < 4.78 is 5.41. The van der Waals surface area contributed by atoms with Gasteiger partial charge in [-0.25, -0.2) is 4.79 Å². The minimum absolute atomic E-state index is 0.151. The van der Waals surface area contributed by atoms with Crippen molar-refractivity contribution in [3.8, 4) is 0 Å². The number of carbonyl (C=O) groups excluding carboxylic acids is 1. The number of ether oxygens (including phenoxy) is 1. The van der Waals surface area contributed by atoms with Crippen LogP contribution in [0.5, 0.6) is 0 Å². The molecule has 1 atom stereocenters. The highest BCUT2D eigenvalue weighted by atomic mass is 16.6. The van der Waals surface area contributed by atoms with Crippen molar-refractivity contribution in [2.24, 2.45) is 4.99 Å². The van der Waals surface area contributed by atoms with Crippen LogP contribution in [0.25, 0.3) is 0 Å². The van der Waals surface area contributed by atoms with Gasteiger partial charge in [-0.05, 0) is 46.7 Å². The van der Waals surface area contributed by atoms with E-state index < -0.39 is 5.60 Å². The highest BCUT2D eigenvalue weighted by Crippen LogP contribution is 2.20. The summed E-state index contributed by atoms with van der Waals surface area (Å²) in [5.41, 5.74) is -0.443. The van der Waals surface area contributed by atoms with E-state index in [2.05, 4.69) is 10.3 Å². The van der Waals surface area contributed by atoms with Gasteiger partial charge in [-0.15, -0.1) is 0 Å². The second-order valence-electron chi connectivity index (χ2n) is 5.63. The molecule has 0 aromatic carbocycles. The number of allylic oxidation sites excluding steroid dienone is 1. The summed E-state index contributed by atoms with van der Waals surface area (Å²) in [6.45, 7) is 8.96. The summed E-state index contributed by atoms with van der Waals surface area (Å²) in [5, 5.41) is 2.93. The van der Waals surface area contributed by atoms with Crippen LogP contribution in [0.2, 0.25) is 0 Å². The molecule has 5 heteroatoms. The molecule has 1 fully saturated rings. The Morgan fingerprint density at radius 2 is 2.26 bits per heavy atom. The molecule has 108 valence electrons. The minimum atomic E-state index is -0.443. The van der Waals surface area contributed by atoms with Gasteiger partial charge in [0, 0.05) is 6.54 Å². The lowest BCUT2D eigenvalue weighted by atomic mass is 10.2. The maximum atomic E-state index is 12.0. The van der Waals surface area contributed by atoms with E-state index in [1.54, 1.807) is 11.2 Å². The van der Waals surface area contributed by atoms with E-state index in [4.69, 9.17) is 4.74 Å². The molecule has 0 aliphatic carbocycles. The second-order valence-corrected chi connectivity index (χ2v) is 5.63. The zero-order valence-electron chi connectivity index (χ0n) is 12.3. The molecule has 19 heavy (non-hydrogen) atoms. The van der Waals surface area contributed by atoms with E-state index in [0.29, 0.717) is 6.54 Å². The molecule has 0 aromatic rings. The number of rotatable bonds is 4. The van der Waals surface area contributed by atoms with Crippen LogP contribution in [0.1, 0.15) is 40.5 Å². The Morgan fingerprint density at radius 3 is 2.89 bits per heavy atom. The van der Waals surface area contributed by atoms with Gasteiger partial charge in [-0.3, -0.25) is 4.99 Å². The summed E-state index contributed by atoms with van der Waals surface area (Å²) in [5.74, 6) is 0. The standard InChI is InChI=1S/C14H25N3O2/c1-5-8-15-11-16-10-12-7-6-9-17(12)13(18)19-14(2,3)4/h5,8,11-12H,6-7,9-10H2,1-4H3,(H,15,16)/b8-5-/t12-/m0/s1. The molecule has 1 saturated heterocycles. The topological polar surface area (TPSA) is 53.9 Å². The van der Waals surface area contributed by atoms with Crippen LogP contribution in [0, 0.1) is 0 Å². The third-order valence-corrected chi connectivity index (χ3v) is 2.75. The van der Waals surface area contributed by atoms with Gasteiger partial charge >= 0.3 is 6.09 Å². The number of amides is 1. The number of nitrogens with one attached hydrogen (secondary N) is 1. The average Bonchev–Trinajstić information content (AvgIpc) is 2.75. The Bertz CT molecular complexity index is 345. The second kappa shape index (κ2) is 7.16. The minimum Gasteiger partial charge on any atom is -0.444 e. The molecule has 0 spiro atoms. The molecule has 1 aliphatic heterocycles. The first-order valence-corrected chi connectivity index (χ1v) is 6.79. The molecule has 0 aromatic heterocycles. The van der Waals surface area contributed by atoms with Crippen LogP contribution in [0.3, 0.4) is 0 Å². The molecule has 0 bridgehead atoms. The fourth-order valence-corrected chi connectivity index (χ4v) is 1.95.